The Hall–Kier alpha value is -2.54. The molecule has 0 aromatic heterocycles. The quantitative estimate of drug-likeness (QED) is 0.394. The molecule has 4 bridgehead atoms. The van der Waals surface area contributed by atoms with E-state index >= 15 is 0 Å². The first-order valence-corrected chi connectivity index (χ1v) is 12.5. The molecule has 1 aromatic carbocycles. The first-order chi connectivity index (χ1) is 16.6. The van der Waals surface area contributed by atoms with Crippen LogP contribution in [0.25, 0.3) is 6.08 Å². The van der Waals surface area contributed by atoms with Crippen molar-refractivity contribution in [3.05, 3.63) is 66.3 Å². The SMILES string of the molecule is C=C1C(=O)[C@]23[C@H](OC(=O)/C=C/c4ccccc4)[C@@H]1CC[C@H]2[C@]12C=CCC(C)(C)[C@H]1[C@H](O)[C@]3(O)OC2. The van der Waals surface area contributed by atoms with Crippen molar-refractivity contribution < 1.29 is 29.3 Å². The van der Waals surface area contributed by atoms with Crippen LogP contribution in [0.3, 0.4) is 0 Å². The molecule has 6 nitrogen and oxygen atoms in total. The number of ketones is 1. The van der Waals surface area contributed by atoms with Crippen LogP contribution in [-0.4, -0.2) is 46.6 Å². The number of carbonyl (C=O) groups is 2. The zero-order valence-electron chi connectivity index (χ0n) is 20.1. The van der Waals surface area contributed by atoms with Gasteiger partial charge in [0.1, 0.15) is 17.6 Å². The van der Waals surface area contributed by atoms with Gasteiger partial charge in [-0.05, 0) is 47.8 Å². The molecule has 7 rings (SSSR count). The summed E-state index contributed by atoms with van der Waals surface area (Å²) < 4.78 is 12.1. The zero-order chi connectivity index (χ0) is 24.8. The Bertz CT molecular complexity index is 1170. The normalized spacial score (nSPS) is 44.9. The Labute approximate surface area is 205 Å². The Morgan fingerprint density at radius 1 is 1.23 bits per heavy atom. The standard InChI is InChI=1S/C29H32O6/c1-17-19-11-12-20-27-15-7-14-26(2,3)22(27)24(32)29(33,34-16-27)28(20,23(17)31)25(19)35-21(30)13-10-18-8-5-4-6-9-18/h4-10,13,15,19-20,22,24-25,32-33H,1,11-12,14,16H2,2-3H3/b13-10+/t19-,20+,22-,24+,25-,27-,28+,29+/m1/s1. The molecular weight excluding hydrogens is 444 g/mol. The fourth-order valence-corrected chi connectivity index (χ4v) is 8.44. The number of allylic oxidation sites excluding steroid dienone is 1. The fourth-order valence-electron chi connectivity index (χ4n) is 8.44. The molecule has 2 aliphatic heterocycles. The Balaban J connectivity index is 1.45. The molecule has 0 unspecified atom stereocenters. The van der Waals surface area contributed by atoms with E-state index < -0.39 is 40.7 Å². The highest BCUT2D eigenvalue weighted by atomic mass is 16.6. The van der Waals surface area contributed by atoms with Gasteiger partial charge in [-0.25, -0.2) is 4.79 Å². The van der Waals surface area contributed by atoms with E-state index in [4.69, 9.17) is 9.47 Å². The maximum atomic E-state index is 14.0. The molecule has 184 valence electrons. The number of aliphatic hydroxyl groups is 2. The molecule has 3 saturated carbocycles. The van der Waals surface area contributed by atoms with Crippen LogP contribution in [0.2, 0.25) is 0 Å². The average molecular weight is 477 g/mol. The second-order valence-corrected chi connectivity index (χ2v) is 11.7. The van der Waals surface area contributed by atoms with Gasteiger partial charge in [0.25, 0.3) is 0 Å². The highest BCUT2D eigenvalue weighted by Crippen LogP contribution is 2.75. The van der Waals surface area contributed by atoms with Crippen LogP contribution >= 0.6 is 0 Å². The largest absolute Gasteiger partial charge is 0.457 e. The second kappa shape index (κ2) is 7.25. The van der Waals surface area contributed by atoms with Gasteiger partial charge in [-0.3, -0.25) is 4.79 Å². The summed E-state index contributed by atoms with van der Waals surface area (Å²) in [4.78, 5) is 27.0. The van der Waals surface area contributed by atoms with Crippen LogP contribution < -0.4 is 0 Å². The number of Topliss-reactive ketones (excluding diaryl/α,β-unsaturated/α-hetero) is 1. The first kappa shape index (κ1) is 22.9. The Kier molecular flexibility index (Phi) is 4.74. The summed E-state index contributed by atoms with van der Waals surface area (Å²) >= 11 is 0. The number of hydrogen-bond acceptors (Lipinski definition) is 6. The third-order valence-electron chi connectivity index (χ3n) is 9.69. The van der Waals surface area contributed by atoms with E-state index in [1.54, 1.807) is 6.08 Å². The van der Waals surface area contributed by atoms with Gasteiger partial charge in [-0.15, -0.1) is 0 Å². The lowest BCUT2D eigenvalue weighted by molar-refractivity contribution is -0.436. The van der Waals surface area contributed by atoms with E-state index in [0.717, 1.165) is 12.0 Å². The number of ether oxygens (including phenoxy) is 2. The molecular formula is C29H32O6. The third-order valence-corrected chi connectivity index (χ3v) is 9.69. The van der Waals surface area contributed by atoms with E-state index in [1.165, 1.54) is 6.08 Å². The van der Waals surface area contributed by atoms with Gasteiger partial charge in [0.05, 0.1) is 6.61 Å². The van der Waals surface area contributed by atoms with Gasteiger partial charge in [0.2, 0.25) is 5.79 Å². The molecule has 6 aliphatic rings. The molecule has 6 heteroatoms. The summed E-state index contributed by atoms with van der Waals surface area (Å²) in [7, 11) is 0. The monoisotopic (exact) mass is 476 g/mol. The molecule has 2 spiro atoms. The van der Waals surface area contributed by atoms with Crippen LogP contribution in [0, 0.1) is 34.0 Å². The number of rotatable bonds is 3. The summed E-state index contributed by atoms with van der Waals surface area (Å²) in [6, 6.07) is 9.39. The molecule has 2 saturated heterocycles. The molecule has 35 heavy (non-hydrogen) atoms. The van der Waals surface area contributed by atoms with Crippen LogP contribution in [0.1, 0.15) is 38.7 Å². The molecule has 0 amide bonds. The number of benzene rings is 1. The second-order valence-electron chi connectivity index (χ2n) is 11.7. The summed E-state index contributed by atoms with van der Waals surface area (Å²) in [5.41, 5.74) is -1.33. The van der Waals surface area contributed by atoms with Crippen molar-refractivity contribution >= 4 is 17.8 Å². The van der Waals surface area contributed by atoms with Gasteiger partial charge in [0.15, 0.2) is 5.78 Å². The van der Waals surface area contributed by atoms with Gasteiger partial charge >= 0.3 is 5.97 Å². The molecule has 2 heterocycles. The molecule has 4 aliphatic carbocycles. The van der Waals surface area contributed by atoms with Crippen molar-refractivity contribution in [2.45, 2.75) is 51.1 Å². The number of aliphatic hydroxyl groups excluding tert-OH is 1. The van der Waals surface area contributed by atoms with Crippen molar-refractivity contribution in [1.29, 1.82) is 0 Å². The number of carbonyl (C=O) groups excluding carboxylic acids is 2. The summed E-state index contributed by atoms with van der Waals surface area (Å²) in [5.74, 6) is -4.14. The van der Waals surface area contributed by atoms with Crippen molar-refractivity contribution in [1.82, 2.24) is 0 Å². The van der Waals surface area contributed by atoms with Crippen LogP contribution in [0.15, 0.2) is 60.7 Å². The lowest BCUT2D eigenvalue weighted by Gasteiger charge is -2.72. The fraction of sp³-hybridized carbons (Fsp3) is 0.517. The highest BCUT2D eigenvalue weighted by Gasteiger charge is 2.86. The smallest absolute Gasteiger partial charge is 0.331 e. The summed E-state index contributed by atoms with van der Waals surface area (Å²) in [5, 5.41) is 23.8. The topological polar surface area (TPSA) is 93.1 Å². The predicted octanol–water partition coefficient (Wildman–Crippen LogP) is 3.45. The number of esters is 1. The highest BCUT2D eigenvalue weighted by molar-refractivity contribution is 6.05. The van der Waals surface area contributed by atoms with E-state index in [-0.39, 0.29) is 29.6 Å². The minimum absolute atomic E-state index is 0.219. The van der Waals surface area contributed by atoms with Gasteiger partial charge in [-0.2, -0.15) is 0 Å². The van der Waals surface area contributed by atoms with E-state index in [1.807, 2.05) is 30.3 Å². The first-order valence-electron chi connectivity index (χ1n) is 12.5. The predicted molar refractivity (Wildman–Crippen MR) is 129 cm³/mol. The Morgan fingerprint density at radius 2 is 1.97 bits per heavy atom. The lowest BCUT2D eigenvalue weighted by Crippen LogP contribution is -2.83. The van der Waals surface area contributed by atoms with Crippen molar-refractivity contribution in [3.8, 4) is 0 Å². The molecule has 2 N–H and O–H groups in total. The summed E-state index contributed by atoms with van der Waals surface area (Å²) in [6.07, 6.45) is 7.01. The lowest BCUT2D eigenvalue weighted by atomic mass is 9.37. The van der Waals surface area contributed by atoms with Gasteiger partial charge < -0.3 is 19.7 Å². The van der Waals surface area contributed by atoms with Crippen molar-refractivity contribution in [2.24, 2.45) is 34.0 Å². The Morgan fingerprint density at radius 3 is 2.71 bits per heavy atom. The average Bonchev–Trinajstić information content (AvgIpc) is 2.94. The van der Waals surface area contributed by atoms with E-state index in [0.29, 0.717) is 18.4 Å². The van der Waals surface area contributed by atoms with E-state index in [9.17, 15) is 19.8 Å². The number of hydrogen-bond donors (Lipinski definition) is 2. The molecule has 5 fully saturated rings. The summed E-state index contributed by atoms with van der Waals surface area (Å²) in [6.45, 7) is 8.46. The van der Waals surface area contributed by atoms with Crippen LogP contribution in [0.5, 0.6) is 0 Å². The van der Waals surface area contributed by atoms with Crippen LogP contribution in [-0.2, 0) is 19.1 Å². The molecule has 0 radical (unpaired) electrons. The maximum Gasteiger partial charge on any atom is 0.331 e. The maximum absolute atomic E-state index is 14.0. The van der Waals surface area contributed by atoms with Crippen LogP contribution in [0.4, 0.5) is 0 Å². The molecule has 8 atom stereocenters. The van der Waals surface area contributed by atoms with E-state index in [2.05, 4.69) is 32.6 Å². The molecule has 1 aromatic rings. The van der Waals surface area contributed by atoms with Crippen molar-refractivity contribution in [3.63, 3.8) is 0 Å². The third kappa shape index (κ3) is 2.65. The zero-order valence-corrected chi connectivity index (χ0v) is 20.1. The minimum Gasteiger partial charge on any atom is -0.457 e. The van der Waals surface area contributed by atoms with Gasteiger partial charge in [0, 0.05) is 23.3 Å². The minimum atomic E-state index is -2.16. The van der Waals surface area contributed by atoms with Crippen molar-refractivity contribution in [2.75, 3.05) is 6.61 Å². The van der Waals surface area contributed by atoms with Gasteiger partial charge in [-0.1, -0.05) is 62.9 Å². The number of fused-ring (bicyclic) bond motifs is 2.